The monoisotopic (exact) mass is 240 g/mol. The number of hydrogen-bond donors (Lipinski definition) is 1. The molecule has 2 atom stereocenters. The molecule has 0 spiro atoms. The molecule has 16 heavy (non-hydrogen) atoms. The fraction of sp³-hybridized carbons (Fsp3) is 0.273. The van der Waals surface area contributed by atoms with E-state index in [9.17, 15) is 9.59 Å². The number of halogens is 1. The summed E-state index contributed by atoms with van der Waals surface area (Å²) in [5.74, 6) is -2.05. The number of allylic oxidation sites excluding steroid dienone is 4. The van der Waals surface area contributed by atoms with Crippen LogP contribution in [0, 0.1) is 5.92 Å². The van der Waals surface area contributed by atoms with Gasteiger partial charge in [0.2, 0.25) is 0 Å². The Morgan fingerprint density at radius 1 is 1.56 bits per heavy atom. The van der Waals surface area contributed by atoms with Crippen LogP contribution in [0.1, 0.15) is 6.92 Å². The summed E-state index contributed by atoms with van der Waals surface area (Å²) in [6.07, 6.45) is 1.95. The van der Waals surface area contributed by atoms with Gasteiger partial charge < -0.3 is 9.84 Å². The highest BCUT2D eigenvalue weighted by atomic mass is 35.5. The van der Waals surface area contributed by atoms with E-state index in [2.05, 4.69) is 0 Å². The van der Waals surface area contributed by atoms with Crippen molar-refractivity contribution in [1.29, 1.82) is 0 Å². The summed E-state index contributed by atoms with van der Waals surface area (Å²) in [5.41, 5.74) is 2.74. The van der Waals surface area contributed by atoms with Gasteiger partial charge >= 0.3 is 5.97 Å². The maximum absolute atomic E-state index is 11.8. The molecule has 0 radical (unpaired) electrons. The Bertz CT molecular complexity index is 459. The standard InChI is InChI=1S/C11H9ClO4/c1-5-2-3-7-8(6(5)4-12)9(13)10(16-7)11(14)15/h2-4,8,10H,1H3,(H,14,15). The summed E-state index contributed by atoms with van der Waals surface area (Å²) in [4.78, 5) is 22.6. The highest BCUT2D eigenvalue weighted by molar-refractivity contribution is 6.26. The molecular weight excluding hydrogens is 232 g/mol. The molecule has 5 heteroatoms. The van der Waals surface area contributed by atoms with Crippen LogP contribution in [-0.2, 0) is 14.3 Å². The molecular formula is C11H9ClO4. The van der Waals surface area contributed by atoms with E-state index in [-0.39, 0.29) is 0 Å². The number of carboxylic acid groups (broad SMARTS) is 1. The van der Waals surface area contributed by atoms with Crippen molar-refractivity contribution in [3.63, 3.8) is 0 Å². The Kier molecular flexibility index (Phi) is 2.59. The lowest BCUT2D eigenvalue weighted by Crippen LogP contribution is -2.29. The van der Waals surface area contributed by atoms with Crippen molar-refractivity contribution in [3.8, 4) is 0 Å². The summed E-state index contributed by atoms with van der Waals surface area (Å²) in [6.45, 7) is 1.81. The van der Waals surface area contributed by atoms with Crippen molar-refractivity contribution in [2.24, 2.45) is 5.92 Å². The van der Waals surface area contributed by atoms with Crippen molar-refractivity contribution in [1.82, 2.24) is 0 Å². The number of ether oxygens (including phenoxy) is 1. The maximum atomic E-state index is 11.8. The van der Waals surface area contributed by atoms with E-state index in [0.717, 1.165) is 5.57 Å². The second kappa shape index (κ2) is 3.79. The second-order valence-corrected chi connectivity index (χ2v) is 3.87. The van der Waals surface area contributed by atoms with Crippen molar-refractivity contribution in [2.75, 3.05) is 0 Å². The van der Waals surface area contributed by atoms with Crippen LogP contribution in [0.25, 0.3) is 0 Å². The minimum atomic E-state index is -1.41. The van der Waals surface area contributed by atoms with Crippen LogP contribution in [0.3, 0.4) is 0 Å². The number of fused-ring (bicyclic) bond motifs is 1. The van der Waals surface area contributed by atoms with E-state index < -0.39 is 23.8 Å². The summed E-state index contributed by atoms with van der Waals surface area (Å²) in [6, 6.07) is 0. The lowest BCUT2D eigenvalue weighted by Gasteiger charge is -2.16. The fourth-order valence-electron chi connectivity index (χ4n) is 1.85. The number of aliphatic carboxylic acids is 1. The lowest BCUT2D eigenvalue weighted by atomic mass is 9.86. The molecule has 0 amide bonds. The Morgan fingerprint density at radius 3 is 2.81 bits per heavy atom. The molecule has 0 aromatic carbocycles. The molecule has 1 heterocycles. The quantitative estimate of drug-likeness (QED) is 0.708. The zero-order valence-corrected chi connectivity index (χ0v) is 9.19. The van der Waals surface area contributed by atoms with Crippen molar-refractivity contribution in [3.05, 3.63) is 34.6 Å². The molecule has 0 bridgehead atoms. The smallest absolute Gasteiger partial charge is 0.352 e. The van der Waals surface area contributed by atoms with Gasteiger partial charge in [-0.25, -0.2) is 4.79 Å². The third-order valence-electron chi connectivity index (χ3n) is 2.69. The van der Waals surface area contributed by atoms with Crippen LogP contribution in [0.4, 0.5) is 0 Å². The molecule has 1 aliphatic carbocycles. The lowest BCUT2D eigenvalue weighted by molar-refractivity contribution is -0.149. The van der Waals surface area contributed by atoms with Crippen LogP contribution in [0.5, 0.6) is 0 Å². The molecule has 2 aliphatic rings. The molecule has 0 aromatic heterocycles. The highest BCUT2D eigenvalue weighted by Gasteiger charge is 2.47. The topological polar surface area (TPSA) is 63.6 Å². The van der Waals surface area contributed by atoms with Crippen molar-refractivity contribution < 1.29 is 19.4 Å². The molecule has 84 valence electrons. The Balaban J connectivity index is 2.42. The first-order valence-corrected chi connectivity index (χ1v) is 5.12. The first kappa shape index (κ1) is 11.0. The van der Waals surface area contributed by atoms with Gasteiger partial charge in [-0.2, -0.15) is 0 Å². The van der Waals surface area contributed by atoms with Gasteiger partial charge in [0.15, 0.2) is 5.78 Å². The minimum Gasteiger partial charge on any atom is -0.478 e. The minimum absolute atomic E-state index is 0.356. The maximum Gasteiger partial charge on any atom is 0.352 e. The largest absolute Gasteiger partial charge is 0.478 e. The van der Waals surface area contributed by atoms with E-state index in [0.29, 0.717) is 11.3 Å². The Hall–Kier alpha value is -1.55. The van der Waals surface area contributed by atoms with Crippen LogP contribution < -0.4 is 0 Å². The van der Waals surface area contributed by atoms with Crippen LogP contribution in [0.2, 0.25) is 0 Å². The molecule has 2 unspecified atom stereocenters. The fourth-order valence-corrected chi connectivity index (χ4v) is 2.15. The summed E-state index contributed by atoms with van der Waals surface area (Å²) < 4.78 is 5.09. The first-order chi connectivity index (χ1) is 7.56. The SMILES string of the molecule is CC1=CC=C2OC(C(=O)O)C(=O)C2C1=CCl. The van der Waals surface area contributed by atoms with Crippen LogP contribution in [-0.4, -0.2) is 23.0 Å². The summed E-state index contributed by atoms with van der Waals surface area (Å²) in [7, 11) is 0. The van der Waals surface area contributed by atoms with Gasteiger partial charge in [0.25, 0.3) is 6.10 Å². The molecule has 1 fully saturated rings. The molecule has 0 aromatic rings. The average Bonchev–Trinajstić information content (AvgIpc) is 2.57. The second-order valence-electron chi connectivity index (χ2n) is 3.65. The molecule has 1 N–H and O–H groups in total. The predicted octanol–water partition coefficient (Wildman–Crippen LogP) is 1.62. The van der Waals surface area contributed by atoms with Crippen LogP contribution >= 0.6 is 11.6 Å². The van der Waals surface area contributed by atoms with Gasteiger partial charge in [-0.1, -0.05) is 17.7 Å². The number of hydrogen-bond acceptors (Lipinski definition) is 3. The Morgan fingerprint density at radius 2 is 2.25 bits per heavy atom. The van der Waals surface area contributed by atoms with E-state index in [4.69, 9.17) is 21.4 Å². The Labute approximate surface area is 96.8 Å². The van der Waals surface area contributed by atoms with Gasteiger partial charge in [-0.3, -0.25) is 4.79 Å². The average molecular weight is 241 g/mol. The van der Waals surface area contributed by atoms with Crippen LogP contribution in [0.15, 0.2) is 34.6 Å². The number of carbonyl (C=O) groups excluding carboxylic acids is 1. The molecule has 1 aliphatic heterocycles. The molecule has 1 saturated heterocycles. The first-order valence-electron chi connectivity index (χ1n) is 4.68. The summed E-state index contributed by atoms with van der Waals surface area (Å²) in [5, 5.41) is 8.81. The molecule has 4 nitrogen and oxygen atoms in total. The molecule has 0 saturated carbocycles. The number of rotatable bonds is 1. The van der Waals surface area contributed by atoms with Gasteiger partial charge in [0.05, 0.1) is 0 Å². The molecule has 2 rings (SSSR count). The third kappa shape index (κ3) is 1.46. The highest BCUT2D eigenvalue weighted by Crippen LogP contribution is 2.39. The van der Waals surface area contributed by atoms with Gasteiger partial charge in [-0.15, -0.1) is 0 Å². The van der Waals surface area contributed by atoms with Gasteiger partial charge in [-0.05, 0) is 24.1 Å². The zero-order valence-electron chi connectivity index (χ0n) is 8.44. The van der Waals surface area contributed by atoms with E-state index in [1.54, 1.807) is 12.2 Å². The van der Waals surface area contributed by atoms with E-state index >= 15 is 0 Å². The van der Waals surface area contributed by atoms with Gasteiger partial charge in [0, 0.05) is 5.54 Å². The van der Waals surface area contributed by atoms with Crippen molar-refractivity contribution in [2.45, 2.75) is 13.0 Å². The zero-order chi connectivity index (χ0) is 11.9. The van der Waals surface area contributed by atoms with Gasteiger partial charge in [0.1, 0.15) is 11.7 Å². The third-order valence-corrected chi connectivity index (χ3v) is 2.92. The summed E-state index contributed by atoms with van der Waals surface area (Å²) >= 11 is 5.65. The number of Topliss-reactive ketones (excluding diaryl/α,β-unsaturated/α-hetero) is 1. The number of carboxylic acids is 1. The predicted molar refractivity (Wildman–Crippen MR) is 56.8 cm³/mol. The van der Waals surface area contributed by atoms with E-state index in [1.165, 1.54) is 5.54 Å². The number of ketones is 1. The number of carbonyl (C=O) groups is 2. The normalized spacial score (nSPS) is 30.6. The van der Waals surface area contributed by atoms with Crippen molar-refractivity contribution >= 4 is 23.4 Å². The van der Waals surface area contributed by atoms with E-state index in [1.807, 2.05) is 6.92 Å².